The number of carbonyl (C=O) groups excluding carboxylic acids is 2. The van der Waals surface area contributed by atoms with Crippen LogP contribution in [0, 0.1) is 22.7 Å². The monoisotopic (exact) mass is 300 g/mol. The minimum absolute atomic E-state index is 0.0846. The van der Waals surface area contributed by atoms with Crippen LogP contribution in [-0.2, 0) is 9.59 Å². The summed E-state index contributed by atoms with van der Waals surface area (Å²) in [5.74, 6) is 0.828. The molecule has 4 rings (SSSR count). The highest BCUT2D eigenvalue weighted by molar-refractivity contribution is 6.01. The van der Waals surface area contributed by atoms with Crippen LogP contribution in [0.4, 0.5) is 0 Å². The Morgan fingerprint density at radius 3 is 2.64 bits per heavy atom. The van der Waals surface area contributed by atoms with Crippen molar-refractivity contribution in [1.82, 2.24) is 0 Å². The zero-order chi connectivity index (χ0) is 15.8. The van der Waals surface area contributed by atoms with Gasteiger partial charge in [-0.05, 0) is 63.0 Å². The van der Waals surface area contributed by atoms with Gasteiger partial charge in [-0.15, -0.1) is 0 Å². The molecule has 1 N–H and O–H groups in total. The molecule has 0 aromatic heterocycles. The van der Waals surface area contributed by atoms with Crippen LogP contribution in [0.5, 0.6) is 0 Å². The second-order valence-electron chi connectivity index (χ2n) is 8.16. The number of ketones is 2. The second-order valence-corrected chi connectivity index (χ2v) is 8.16. The van der Waals surface area contributed by atoms with Crippen molar-refractivity contribution in [3.05, 3.63) is 23.8 Å². The lowest BCUT2D eigenvalue weighted by molar-refractivity contribution is -0.174. The first-order chi connectivity index (χ1) is 10.3. The first-order valence-corrected chi connectivity index (χ1v) is 8.51. The van der Waals surface area contributed by atoms with Crippen molar-refractivity contribution in [2.75, 3.05) is 0 Å². The molecule has 0 saturated heterocycles. The van der Waals surface area contributed by atoms with E-state index in [4.69, 9.17) is 0 Å². The summed E-state index contributed by atoms with van der Waals surface area (Å²) >= 11 is 0. The van der Waals surface area contributed by atoms with E-state index in [9.17, 15) is 14.7 Å². The van der Waals surface area contributed by atoms with Crippen LogP contribution in [-0.4, -0.2) is 22.3 Å². The van der Waals surface area contributed by atoms with E-state index < -0.39 is 11.0 Å². The summed E-state index contributed by atoms with van der Waals surface area (Å²) in [6, 6.07) is 0. The van der Waals surface area contributed by atoms with Crippen LogP contribution in [0.2, 0.25) is 0 Å². The van der Waals surface area contributed by atoms with E-state index in [-0.39, 0.29) is 22.9 Å². The standard InChI is InChI=1S/C19H24O3/c1-17-8-5-13(20)11-12(17)3-4-15-14(17)6-9-18(2)16(21)7-10-19(15,18)22/h5,8,11,14-15,22H,3-4,6-7,9-10H2,1-2H3/t14-,15+,17-,18+,19+/m0/s1. The summed E-state index contributed by atoms with van der Waals surface area (Å²) in [6.45, 7) is 4.19. The quantitative estimate of drug-likeness (QED) is 0.748. The average Bonchev–Trinajstić information content (AvgIpc) is 2.72. The third kappa shape index (κ3) is 1.51. The predicted octanol–water partition coefficient (Wildman–Crippen LogP) is 2.98. The van der Waals surface area contributed by atoms with E-state index in [0.717, 1.165) is 25.7 Å². The van der Waals surface area contributed by atoms with Crippen molar-refractivity contribution in [1.29, 1.82) is 0 Å². The summed E-state index contributed by atoms with van der Waals surface area (Å²) in [4.78, 5) is 24.1. The first-order valence-electron chi connectivity index (χ1n) is 8.51. The van der Waals surface area contributed by atoms with E-state index in [1.54, 1.807) is 12.2 Å². The number of carbonyl (C=O) groups is 2. The lowest BCUT2D eigenvalue weighted by Gasteiger charge is -2.59. The van der Waals surface area contributed by atoms with Gasteiger partial charge in [0.25, 0.3) is 0 Å². The summed E-state index contributed by atoms with van der Waals surface area (Å²) in [6.07, 6.45) is 10.2. The van der Waals surface area contributed by atoms with Gasteiger partial charge in [-0.1, -0.05) is 18.6 Å². The number of rotatable bonds is 0. The number of hydrogen-bond acceptors (Lipinski definition) is 3. The Bertz CT molecular complexity index is 631. The molecule has 0 radical (unpaired) electrons. The molecule has 4 aliphatic carbocycles. The molecule has 0 heterocycles. The van der Waals surface area contributed by atoms with E-state index in [0.29, 0.717) is 18.8 Å². The predicted molar refractivity (Wildman–Crippen MR) is 83.1 cm³/mol. The molecule has 0 aliphatic heterocycles. The van der Waals surface area contributed by atoms with Gasteiger partial charge in [-0.3, -0.25) is 9.59 Å². The van der Waals surface area contributed by atoms with Crippen molar-refractivity contribution in [2.45, 2.75) is 58.0 Å². The first kappa shape index (κ1) is 14.4. The minimum Gasteiger partial charge on any atom is -0.389 e. The highest BCUT2D eigenvalue weighted by atomic mass is 16.3. The third-order valence-corrected chi connectivity index (χ3v) is 7.46. The maximum absolute atomic E-state index is 12.4. The molecule has 0 aromatic rings. The van der Waals surface area contributed by atoms with Crippen LogP contribution >= 0.6 is 0 Å². The molecule has 0 spiro atoms. The maximum Gasteiger partial charge on any atom is 0.178 e. The summed E-state index contributed by atoms with van der Waals surface area (Å²) in [7, 11) is 0. The lowest BCUT2D eigenvalue weighted by Crippen LogP contribution is -2.60. The minimum atomic E-state index is -0.850. The summed E-state index contributed by atoms with van der Waals surface area (Å²) < 4.78 is 0. The molecule has 0 aromatic carbocycles. The Kier molecular flexibility index (Phi) is 2.74. The normalized spacial score (nSPS) is 50.2. The number of hydrogen-bond donors (Lipinski definition) is 1. The molecule has 22 heavy (non-hydrogen) atoms. The topological polar surface area (TPSA) is 54.4 Å². The van der Waals surface area contributed by atoms with E-state index in [1.165, 1.54) is 5.57 Å². The fraction of sp³-hybridized carbons (Fsp3) is 0.684. The molecular formula is C19H24O3. The number of Topliss-reactive ketones (excluding diaryl/α,β-unsaturated/α-hetero) is 1. The molecular weight excluding hydrogens is 276 g/mol. The van der Waals surface area contributed by atoms with Gasteiger partial charge in [-0.2, -0.15) is 0 Å². The maximum atomic E-state index is 12.4. The molecule has 3 saturated carbocycles. The van der Waals surface area contributed by atoms with Crippen LogP contribution in [0.15, 0.2) is 23.8 Å². The van der Waals surface area contributed by atoms with Gasteiger partial charge in [0.2, 0.25) is 0 Å². The molecule has 3 heteroatoms. The SMILES string of the molecule is C[C@]12C=CC(=O)C=C1CC[C@@H]1[C@@H]2CC[C@]2(C)C(=O)CC[C@@]12O. The molecule has 0 unspecified atom stereocenters. The molecule has 4 aliphatic rings. The average molecular weight is 300 g/mol. The van der Waals surface area contributed by atoms with Crippen LogP contribution in [0.1, 0.15) is 52.4 Å². The van der Waals surface area contributed by atoms with Crippen LogP contribution in [0.25, 0.3) is 0 Å². The molecule has 0 amide bonds. The van der Waals surface area contributed by atoms with Gasteiger partial charge in [0.1, 0.15) is 5.78 Å². The van der Waals surface area contributed by atoms with Gasteiger partial charge >= 0.3 is 0 Å². The fourth-order valence-corrected chi connectivity index (χ4v) is 5.94. The molecule has 3 fully saturated rings. The Labute approximate surface area is 131 Å². The highest BCUT2D eigenvalue weighted by Crippen LogP contribution is 2.65. The van der Waals surface area contributed by atoms with Crippen molar-refractivity contribution in [3.8, 4) is 0 Å². The largest absolute Gasteiger partial charge is 0.389 e. The lowest BCUT2D eigenvalue weighted by atomic mass is 9.47. The zero-order valence-electron chi connectivity index (χ0n) is 13.4. The van der Waals surface area contributed by atoms with Crippen molar-refractivity contribution >= 4 is 11.6 Å². The number of fused-ring (bicyclic) bond motifs is 5. The van der Waals surface area contributed by atoms with Gasteiger partial charge in [0.05, 0.1) is 11.0 Å². The van der Waals surface area contributed by atoms with E-state index in [2.05, 4.69) is 13.0 Å². The van der Waals surface area contributed by atoms with E-state index in [1.807, 2.05) is 6.92 Å². The van der Waals surface area contributed by atoms with Crippen LogP contribution < -0.4 is 0 Å². The second kappa shape index (κ2) is 4.19. The van der Waals surface area contributed by atoms with Crippen LogP contribution in [0.3, 0.4) is 0 Å². The molecule has 3 nitrogen and oxygen atoms in total. The van der Waals surface area contributed by atoms with Crippen molar-refractivity contribution in [3.63, 3.8) is 0 Å². The molecule has 5 atom stereocenters. The Morgan fingerprint density at radius 1 is 1.09 bits per heavy atom. The van der Waals surface area contributed by atoms with Gasteiger partial charge < -0.3 is 5.11 Å². The van der Waals surface area contributed by atoms with Gasteiger partial charge in [-0.25, -0.2) is 0 Å². The molecule has 0 bridgehead atoms. The van der Waals surface area contributed by atoms with Gasteiger partial charge in [0, 0.05) is 11.8 Å². The van der Waals surface area contributed by atoms with Gasteiger partial charge in [0.15, 0.2) is 5.78 Å². The smallest absolute Gasteiger partial charge is 0.178 e. The Balaban J connectivity index is 1.78. The number of allylic oxidation sites excluding steroid dienone is 4. The third-order valence-electron chi connectivity index (χ3n) is 7.46. The fourth-order valence-electron chi connectivity index (χ4n) is 5.94. The molecule has 118 valence electrons. The highest BCUT2D eigenvalue weighted by Gasteiger charge is 2.66. The Hall–Kier alpha value is -1.22. The summed E-state index contributed by atoms with van der Waals surface area (Å²) in [5.41, 5.74) is -0.311. The van der Waals surface area contributed by atoms with Crippen molar-refractivity contribution < 1.29 is 14.7 Å². The zero-order valence-corrected chi connectivity index (χ0v) is 13.4. The number of aliphatic hydroxyl groups is 1. The summed E-state index contributed by atoms with van der Waals surface area (Å²) in [5, 5.41) is 11.5. The van der Waals surface area contributed by atoms with Crippen molar-refractivity contribution in [2.24, 2.45) is 22.7 Å². The Morgan fingerprint density at radius 2 is 1.86 bits per heavy atom. The van der Waals surface area contributed by atoms with E-state index >= 15 is 0 Å².